The molecule has 1 aliphatic rings. The fraction of sp³-hybridized carbons (Fsp3) is 0.462. The average molecular weight is 235 g/mol. The Hall–Kier alpha value is -1.71. The number of ether oxygens (including phenoxy) is 2. The Balaban J connectivity index is 2.41. The maximum absolute atomic E-state index is 11.4. The third-order valence-corrected chi connectivity index (χ3v) is 3.04. The van der Waals surface area contributed by atoms with Crippen LogP contribution in [0.3, 0.4) is 0 Å². The van der Waals surface area contributed by atoms with Crippen molar-refractivity contribution < 1.29 is 14.3 Å². The van der Waals surface area contributed by atoms with Crippen LogP contribution < -0.4 is 14.4 Å². The Morgan fingerprint density at radius 2 is 2.00 bits per heavy atom. The number of methoxy groups -OCH3 is 2. The zero-order chi connectivity index (χ0) is 12.4. The largest absolute Gasteiger partial charge is 0.497 e. The van der Waals surface area contributed by atoms with Gasteiger partial charge in [-0.15, -0.1) is 0 Å². The van der Waals surface area contributed by atoms with Crippen molar-refractivity contribution in [3.05, 3.63) is 17.7 Å². The summed E-state index contributed by atoms with van der Waals surface area (Å²) in [5.74, 6) is 1.81. The van der Waals surface area contributed by atoms with Crippen LogP contribution in [0.1, 0.15) is 12.0 Å². The fourth-order valence-corrected chi connectivity index (χ4v) is 2.22. The van der Waals surface area contributed by atoms with Gasteiger partial charge in [-0.2, -0.15) is 0 Å². The summed E-state index contributed by atoms with van der Waals surface area (Å²) in [4.78, 5) is 13.4. The van der Waals surface area contributed by atoms with Crippen molar-refractivity contribution >= 4 is 11.5 Å². The third-order valence-electron chi connectivity index (χ3n) is 3.04. The SMILES string of the molecule is COc1cc(C)c(N2CCC(=O)C2)c(OC)c1. The molecular formula is C13H17NO3. The maximum atomic E-state index is 11.4. The van der Waals surface area contributed by atoms with Crippen LogP contribution in [-0.4, -0.2) is 33.1 Å². The predicted octanol–water partition coefficient (Wildman–Crippen LogP) is 1.79. The first-order valence-electron chi connectivity index (χ1n) is 5.65. The van der Waals surface area contributed by atoms with Gasteiger partial charge in [0.25, 0.3) is 0 Å². The molecule has 0 spiro atoms. The zero-order valence-electron chi connectivity index (χ0n) is 10.4. The van der Waals surface area contributed by atoms with E-state index in [1.165, 1.54) is 0 Å². The monoisotopic (exact) mass is 235 g/mol. The molecule has 17 heavy (non-hydrogen) atoms. The van der Waals surface area contributed by atoms with E-state index in [-0.39, 0.29) is 5.78 Å². The molecule has 0 amide bonds. The number of carbonyl (C=O) groups excluding carboxylic acids is 1. The molecule has 0 bridgehead atoms. The van der Waals surface area contributed by atoms with E-state index in [4.69, 9.17) is 9.47 Å². The Kier molecular flexibility index (Phi) is 3.22. The van der Waals surface area contributed by atoms with Crippen LogP contribution in [0.15, 0.2) is 12.1 Å². The van der Waals surface area contributed by atoms with Crippen LogP contribution in [0.4, 0.5) is 5.69 Å². The first kappa shape index (κ1) is 11.8. The van der Waals surface area contributed by atoms with Gasteiger partial charge in [-0.05, 0) is 18.6 Å². The van der Waals surface area contributed by atoms with Crippen LogP contribution in [0.5, 0.6) is 11.5 Å². The Bertz CT molecular complexity index is 443. The number of hydrogen-bond donors (Lipinski definition) is 0. The molecule has 4 heteroatoms. The molecule has 92 valence electrons. The number of benzene rings is 1. The number of rotatable bonds is 3. The minimum absolute atomic E-state index is 0.280. The van der Waals surface area contributed by atoms with E-state index < -0.39 is 0 Å². The molecule has 4 nitrogen and oxygen atoms in total. The maximum Gasteiger partial charge on any atom is 0.153 e. The van der Waals surface area contributed by atoms with E-state index in [0.717, 1.165) is 29.3 Å². The minimum atomic E-state index is 0.280. The summed E-state index contributed by atoms with van der Waals surface area (Å²) in [5.41, 5.74) is 2.06. The second-order valence-electron chi connectivity index (χ2n) is 4.21. The van der Waals surface area contributed by atoms with Crippen molar-refractivity contribution in [1.82, 2.24) is 0 Å². The zero-order valence-corrected chi connectivity index (χ0v) is 10.4. The molecule has 1 aromatic rings. The second-order valence-corrected chi connectivity index (χ2v) is 4.21. The summed E-state index contributed by atoms with van der Waals surface area (Å²) in [7, 11) is 3.27. The number of hydrogen-bond acceptors (Lipinski definition) is 4. The highest BCUT2D eigenvalue weighted by Crippen LogP contribution is 2.37. The van der Waals surface area contributed by atoms with Gasteiger partial charge in [-0.3, -0.25) is 4.79 Å². The van der Waals surface area contributed by atoms with Crippen molar-refractivity contribution in [2.45, 2.75) is 13.3 Å². The van der Waals surface area contributed by atoms with Crippen molar-refractivity contribution in [3.8, 4) is 11.5 Å². The molecule has 1 aromatic carbocycles. The normalized spacial score (nSPS) is 15.2. The molecule has 0 aliphatic carbocycles. The number of ketones is 1. The van der Waals surface area contributed by atoms with Crippen LogP contribution in [0, 0.1) is 6.92 Å². The summed E-state index contributed by atoms with van der Waals surface area (Å²) >= 11 is 0. The molecule has 0 radical (unpaired) electrons. The van der Waals surface area contributed by atoms with Crippen LogP contribution in [0.25, 0.3) is 0 Å². The molecule has 1 saturated heterocycles. The third kappa shape index (κ3) is 2.20. The second kappa shape index (κ2) is 4.65. The van der Waals surface area contributed by atoms with Crippen LogP contribution in [-0.2, 0) is 4.79 Å². The molecule has 0 unspecified atom stereocenters. The number of Topliss-reactive ketones (excluding diaryl/α,β-unsaturated/α-hetero) is 1. The van der Waals surface area contributed by atoms with Gasteiger partial charge in [0.15, 0.2) is 5.78 Å². The number of aryl methyl sites for hydroxylation is 1. The van der Waals surface area contributed by atoms with Crippen LogP contribution in [0.2, 0.25) is 0 Å². The molecular weight excluding hydrogens is 218 g/mol. The van der Waals surface area contributed by atoms with E-state index in [1.54, 1.807) is 14.2 Å². The molecule has 1 aliphatic heterocycles. The highest BCUT2D eigenvalue weighted by atomic mass is 16.5. The average Bonchev–Trinajstić information content (AvgIpc) is 2.74. The molecule has 1 heterocycles. The minimum Gasteiger partial charge on any atom is -0.497 e. The Morgan fingerprint density at radius 1 is 1.24 bits per heavy atom. The van der Waals surface area contributed by atoms with E-state index >= 15 is 0 Å². The van der Waals surface area contributed by atoms with Gasteiger partial charge >= 0.3 is 0 Å². The summed E-state index contributed by atoms with van der Waals surface area (Å²) < 4.78 is 10.6. The van der Waals surface area contributed by atoms with Gasteiger partial charge in [0, 0.05) is 19.0 Å². The van der Waals surface area contributed by atoms with Crippen molar-refractivity contribution in [2.24, 2.45) is 0 Å². The molecule has 1 fully saturated rings. The first-order valence-corrected chi connectivity index (χ1v) is 5.65. The van der Waals surface area contributed by atoms with Gasteiger partial charge in [-0.25, -0.2) is 0 Å². The van der Waals surface area contributed by atoms with Crippen molar-refractivity contribution in [1.29, 1.82) is 0 Å². The summed E-state index contributed by atoms with van der Waals surface area (Å²) in [6.07, 6.45) is 0.620. The number of carbonyl (C=O) groups is 1. The molecule has 2 rings (SSSR count). The topological polar surface area (TPSA) is 38.8 Å². The lowest BCUT2D eigenvalue weighted by Crippen LogP contribution is -2.21. The molecule has 0 aromatic heterocycles. The lowest BCUT2D eigenvalue weighted by Gasteiger charge is -2.22. The van der Waals surface area contributed by atoms with Crippen molar-refractivity contribution in [3.63, 3.8) is 0 Å². The quantitative estimate of drug-likeness (QED) is 0.800. The highest BCUT2D eigenvalue weighted by Gasteiger charge is 2.24. The van der Waals surface area contributed by atoms with Crippen LogP contribution >= 0.6 is 0 Å². The predicted molar refractivity (Wildman–Crippen MR) is 66.1 cm³/mol. The lowest BCUT2D eigenvalue weighted by atomic mass is 10.1. The lowest BCUT2D eigenvalue weighted by molar-refractivity contribution is -0.116. The van der Waals surface area contributed by atoms with Gasteiger partial charge in [0.05, 0.1) is 26.5 Å². The van der Waals surface area contributed by atoms with E-state index in [1.807, 2.05) is 19.1 Å². The van der Waals surface area contributed by atoms with Gasteiger partial charge in [0.2, 0.25) is 0 Å². The number of anilines is 1. The standard InChI is InChI=1S/C13H17NO3/c1-9-6-11(16-2)7-12(17-3)13(9)14-5-4-10(15)8-14/h6-7H,4-5,8H2,1-3H3. The molecule has 0 atom stereocenters. The summed E-state index contributed by atoms with van der Waals surface area (Å²) in [5, 5.41) is 0. The van der Waals surface area contributed by atoms with E-state index in [0.29, 0.717) is 13.0 Å². The Morgan fingerprint density at radius 3 is 2.53 bits per heavy atom. The smallest absolute Gasteiger partial charge is 0.153 e. The van der Waals surface area contributed by atoms with Gasteiger partial charge in [-0.1, -0.05) is 0 Å². The van der Waals surface area contributed by atoms with E-state index in [2.05, 4.69) is 4.90 Å². The van der Waals surface area contributed by atoms with E-state index in [9.17, 15) is 4.79 Å². The van der Waals surface area contributed by atoms with Gasteiger partial charge in [0.1, 0.15) is 11.5 Å². The first-order chi connectivity index (χ1) is 8.15. The summed E-state index contributed by atoms with van der Waals surface area (Å²) in [6, 6.07) is 3.81. The summed E-state index contributed by atoms with van der Waals surface area (Å²) in [6.45, 7) is 3.25. The highest BCUT2D eigenvalue weighted by molar-refractivity contribution is 5.88. The Labute approximate surface area is 101 Å². The molecule has 0 saturated carbocycles. The van der Waals surface area contributed by atoms with Crippen molar-refractivity contribution in [2.75, 3.05) is 32.2 Å². The number of nitrogens with zero attached hydrogens (tertiary/aromatic N) is 1. The van der Waals surface area contributed by atoms with Gasteiger partial charge < -0.3 is 14.4 Å². The fourth-order valence-electron chi connectivity index (χ4n) is 2.22. The molecule has 0 N–H and O–H groups in total.